The molecule has 0 fully saturated rings. The zero-order valence-corrected chi connectivity index (χ0v) is 16.2. The van der Waals surface area contributed by atoms with Crippen LogP contribution in [0.25, 0.3) is 0 Å². The minimum absolute atomic E-state index is 0.231. The van der Waals surface area contributed by atoms with E-state index in [-0.39, 0.29) is 5.91 Å². The molecule has 1 amide bonds. The minimum Gasteiger partial charge on any atom is -0.334 e. The number of carbonyl (C=O) groups is 1. The first kappa shape index (κ1) is 18.5. The highest BCUT2D eigenvalue weighted by molar-refractivity contribution is 5.77. The number of hydrogen-bond acceptors (Lipinski definition) is 1. The van der Waals surface area contributed by atoms with Crippen molar-refractivity contribution in [2.45, 2.75) is 44.7 Å². The molecule has 141 valence electrons. The van der Waals surface area contributed by atoms with Crippen LogP contribution in [-0.4, -0.2) is 10.8 Å². The highest BCUT2D eigenvalue weighted by Gasteiger charge is 2.25. The van der Waals surface area contributed by atoms with Crippen LogP contribution >= 0.6 is 0 Å². The SMILES string of the molecule is O=C(CC1CCCc2[c]cccc21)N(Cc1ccccc1)Cc1ccccc1. The van der Waals surface area contributed by atoms with Gasteiger partial charge in [-0.1, -0.05) is 78.9 Å². The van der Waals surface area contributed by atoms with Crippen molar-refractivity contribution < 1.29 is 4.79 Å². The average Bonchev–Trinajstić information content (AvgIpc) is 2.75. The third kappa shape index (κ3) is 4.51. The van der Waals surface area contributed by atoms with Crippen molar-refractivity contribution in [1.82, 2.24) is 4.90 Å². The molecule has 28 heavy (non-hydrogen) atoms. The smallest absolute Gasteiger partial charge is 0.223 e. The molecule has 2 nitrogen and oxygen atoms in total. The Labute approximate surface area is 167 Å². The zero-order chi connectivity index (χ0) is 19.2. The minimum atomic E-state index is 0.231. The second kappa shape index (κ2) is 8.88. The van der Waals surface area contributed by atoms with Gasteiger partial charge in [0, 0.05) is 19.5 Å². The van der Waals surface area contributed by atoms with Crippen LogP contribution < -0.4 is 0 Å². The molecule has 0 N–H and O–H groups in total. The number of rotatable bonds is 6. The number of amides is 1. The van der Waals surface area contributed by atoms with Gasteiger partial charge < -0.3 is 4.90 Å². The summed E-state index contributed by atoms with van der Waals surface area (Å²) in [6, 6.07) is 30.1. The molecular formula is C26H26NO. The Morgan fingerprint density at radius 2 is 1.54 bits per heavy atom. The number of aryl methyl sites for hydroxylation is 1. The molecule has 0 aromatic heterocycles. The lowest BCUT2D eigenvalue weighted by Gasteiger charge is -2.29. The predicted molar refractivity (Wildman–Crippen MR) is 113 cm³/mol. The first-order valence-corrected chi connectivity index (χ1v) is 10.1. The highest BCUT2D eigenvalue weighted by Crippen LogP contribution is 2.34. The Morgan fingerprint density at radius 3 is 2.18 bits per heavy atom. The molecule has 0 saturated heterocycles. The van der Waals surface area contributed by atoms with Crippen molar-refractivity contribution in [3.8, 4) is 0 Å². The Bertz CT molecular complexity index is 862. The van der Waals surface area contributed by atoms with E-state index in [0.29, 0.717) is 25.4 Å². The number of nitrogens with zero attached hydrogens (tertiary/aromatic N) is 1. The lowest BCUT2D eigenvalue weighted by atomic mass is 9.81. The van der Waals surface area contributed by atoms with Crippen LogP contribution in [0.3, 0.4) is 0 Å². The van der Waals surface area contributed by atoms with E-state index in [1.807, 2.05) is 53.4 Å². The van der Waals surface area contributed by atoms with Crippen molar-refractivity contribution in [3.63, 3.8) is 0 Å². The van der Waals surface area contributed by atoms with Gasteiger partial charge in [-0.2, -0.15) is 0 Å². The molecule has 1 unspecified atom stereocenters. The van der Waals surface area contributed by atoms with Gasteiger partial charge in [-0.05, 0) is 53.5 Å². The largest absolute Gasteiger partial charge is 0.334 e. The van der Waals surface area contributed by atoms with Crippen LogP contribution in [0.1, 0.15) is 47.4 Å². The normalized spacial score (nSPS) is 15.6. The third-order valence-corrected chi connectivity index (χ3v) is 5.60. The monoisotopic (exact) mass is 368 g/mol. The van der Waals surface area contributed by atoms with Crippen molar-refractivity contribution >= 4 is 5.91 Å². The average molecular weight is 369 g/mol. The molecule has 0 saturated carbocycles. The second-order valence-corrected chi connectivity index (χ2v) is 7.62. The molecule has 4 rings (SSSR count). The van der Waals surface area contributed by atoms with Gasteiger partial charge in [-0.3, -0.25) is 4.79 Å². The summed E-state index contributed by atoms with van der Waals surface area (Å²) >= 11 is 0. The van der Waals surface area contributed by atoms with Crippen molar-refractivity contribution in [1.29, 1.82) is 0 Å². The molecule has 1 atom stereocenters. The van der Waals surface area contributed by atoms with Crippen molar-refractivity contribution in [2.24, 2.45) is 0 Å². The number of fused-ring (bicyclic) bond motifs is 1. The zero-order valence-electron chi connectivity index (χ0n) is 16.2. The van der Waals surface area contributed by atoms with Gasteiger partial charge in [0.2, 0.25) is 5.91 Å². The lowest BCUT2D eigenvalue weighted by Crippen LogP contribution is -2.31. The summed E-state index contributed by atoms with van der Waals surface area (Å²) in [6.45, 7) is 1.30. The molecule has 3 aromatic rings. The van der Waals surface area contributed by atoms with Crippen molar-refractivity contribution in [2.75, 3.05) is 0 Å². The Kier molecular flexibility index (Phi) is 5.86. The maximum Gasteiger partial charge on any atom is 0.223 e. The molecule has 1 radical (unpaired) electrons. The molecule has 1 aliphatic rings. The van der Waals surface area contributed by atoms with Gasteiger partial charge in [-0.15, -0.1) is 0 Å². The maximum absolute atomic E-state index is 13.3. The summed E-state index contributed by atoms with van der Waals surface area (Å²) in [5.74, 6) is 0.539. The summed E-state index contributed by atoms with van der Waals surface area (Å²) in [4.78, 5) is 15.4. The number of carbonyl (C=O) groups excluding carboxylic acids is 1. The van der Waals surface area contributed by atoms with E-state index in [1.54, 1.807) is 0 Å². The van der Waals surface area contributed by atoms with Gasteiger partial charge in [0.05, 0.1) is 0 Å². The van der Waals surface area contributed by atoms with Crippen LogP contribution in [0.4, 0.5) is 0 Å². The molecule has 2 heteroatoms. The Morgan fingerprint density at radius 1 is 0.893 bits per heavy atom. The molecular weight excluding hydrogens is 342 g/mol. The van der Waals surface area contributed by atoms with Crippen LogP contribution in [0.5, 0.6) is 0 Å². The number of hydrogen-bond donors (Lipinski definition) is 0. The molecule has 0 heterocycles. The summed E-state index contributed by atoms with van der Waals surface area (Å²) in [7, 11) is 0. The third-order valence-electron chi connectivity index (χ3n) is 5.60. The highest BCUT2D eigenvalue weighted by atomic mass is 16.2. The van der Waals surface area contributed by atoms with Gasteiger partial charge in [0.15, 0.2) is 0 Å². The van der Waals surface area contributed by atoms with Crippen LogP contribution in [0.15, 0.2) is 78.9 Å². The topological polar surface area (TPSA) is 20.3 Å². The Balaban J connectivity index is 1.53. The molecule has 3 aromatic carbocycles. The fourth-order valence-electron chi connectivity index (χ4n) is 4.16. The molecule has 0 bridgehead atoms. The number of benzene rings is 3. The lowest BCUT2D eigenvalue weighted by molar-refractivity contribution is -0.133. The van der Waals surface area contributed by atoms with Gasteiger partial charge in [0.25, 0.3) is 0 Å². The second-order valence-electron chi connectivity index (χ2n) is 7.62. The van der Waals surface area contributed by atoms with Crippen LogP contribution in [0.2, 0.25) is 0 Å². The fourth-order valence-corrected chi connectivity index (χ4v) is 4.16. The molecule has 0 aliphatic heterocycles. The molecule has 0 spiro atoms. The van der Waals surface area contributed by atoms with E-state index in [0.717, 1.165) is 19.3 Å². The summed E-state index contributed by atoms with van der Waals surface area (Å²) in [5, 5.41) is 0. The summed E-state index contributed by atoms with van der Waals surface area (Å²) in [6.07, 6.45) is 3.88. The predicted octanol–water partition coefficient (Wildman–Crippen LogP) is 5.53. The maximum atomic E-state index is 13.3. The summed E-state index contributed by atoms with van der Waals surface area (Å²) < 4.78 is 0. The van der Waals surface area contributed by atoms with Gasteiger partial charge in [-0.25, -0.2) is 0 Å². The van der Waals surface area contributed by atoms with E-state index in [2.05, 4.69) is 36.4 Å². The first-order valence-electron chi connectivity index (χ1n) is 10.1. The van der Waals surface area contributed by atoms with E-state index in [1.165, 1.54) is 22.3 Å². The van der Waals surface area contributed by atoms with Crippen molar-refractivity contribution in [3.05, 3.63) is 107 Å². The Hall–Kier alpha value is -2.87. The van der Waals surface area contributed by atoms with E-state index in [9.17, 15) is 4.79 Å². The molecule has 1 aliphatic carbocycles. The summed E-state index contributed by atoms with van der Waals surface area (Å²) in [5.41, 5.74) is 4.96. The van der Waals surface area contributed by atoms with E-state index < -0.39 is 0 Å². The van der Waals surface area contributed by atoms with Gasteiger partial charge >= 0.3 is 0 Å². The standard InChI is InChI=1S/C26H26NO/c28-26(18-24-16-9-15-23-14-7-8-17-25(23)24)27(19-21-10-3-1-4-11-21)20-22-12-5-2-6-13-22/h1-8,10-13,17,24H,9,15-16,18-20H2. The first-order chi connectivity index (χ1) is 13.8. The van der Waals surface area contributed by atoms with Crippen LogP contribution in [0, 0.1) is 6.07 Å². The fraction of sp³-hybridized carbons (Fsp3) is 0.269. The van der Waals surface area contributed by atoms with E-state index >= 15 is 0 Å². The van der Waals surface area contributed by atoms with E-state index in [4.69, 9.17) is 0 Å². The van der Waals surface area contributed by atoms with Crippen LogP contribution in [-0.2, 0) is 24.3 Å². The quantitative estimate of drug-likeness (QED) is 0.560. The van der Waals surface area contributed by atoms with Gasteiger partial charge in [0.1, 0.15) is 0 Å².